The summed E-state index contributed by atoms with van der Waals surface area (Å²) in [5.41, 5.74) is 1.50. The first-order chi connectivity index (χ1) is 12.5. The molecule has 0 saturated carbocycles. The second kappa shape index (κ2) is 7.71. The number of carbonyl (C=O) groups is 1. The summed E-state index contributed by atoms with van der Waals surface area (Å²) in [6.45, 7) is 3.94. The van der Waals surface area contributed by atoms with Crippen molar-refractivity contribution in [1.82, 2.24) is 0 Å². The molecule has 0 saturated heterocycles. The lowest BCUT2D eigenvalue weighted by atomic mass is 10.0. The average Bonchev–Trinajstić information content (AvgIpc) is 2.93. The number of para-hydroxylation sites is 2. The SMILES string of the molecule is CC1(C)Cc2cccc(OCC(=O)Nc3ccccc3SCC#N)c2O1. The lowest BCUT2D eigenvalue weighted by molar-refractivity contribution is -0.118. The van der Waals surface area contributed by atoms with Gasteiger partial charge in [0.15, 0.2) is 18.1 Å². The fraction of sp³-hybridized carbons (Fsp3) is 0.300. The monoisotopic (exact) mass is 368 g/mol. The number of thioether (sulfide) groups is 1. The van der Waals surface area contributed by atoms with Gasteiger partial charge in [0.2, 0.25) is 0 Å². The second-order valence-corrected chi connectivity index (χ2v) is 7.58. The molecule has 3 rings (SSSR count). The van der Waals surface area contributed by atoms with Gasteiger partial charge in [-0.2, -0.15) is 5.26 Å². The molecule has 26 heavy (non-hydrogen) atoms. The van der Waals surface area contributed by atoms with Crippen LogP contribution in [0, 0.1) is 11.3 Å². The zero-order valence-corrected chi connectivity index (χ0v) is 15.6. The van der Waals surface area contributed by atoms with Gasteiger partial charge in [-0.1, -0.05) is 24.3 Å². The van der Waals surface area contributed by atoms with Crippen LogP contribution >= 0.6 is 11.8 Å². The second-order valence-electron chi connectivity index (χ2n) is 6.56. The highest BCUT2D eigenvalue weighted by molar-refractivity contribution is 7.99. The van der Waals surface area contributed by atoms with Crippen LogP contribution in [0.15, 0.2) is 47.4 Å². The Morgan fingerprint density at radius 3 is 2.92 bits per heavy atom. The first-order valence-electron chi connectivity index (χ1n) is 8.31. The molecule has 0 spiro atoms. The molecule has 6 heteroatoms. The van der Waals surface area contributed by atoms with Crippen molar-refractivity contribution < 1.29 is 14.3 Å². The van der Waals surface area contributed by atoms with E-state index < -0.39 is 0 Å². The summed E-state index contributed by atoms with van der Waals surface area (Å²) in [7, 11) is 0. The molecule has 1 amide bonds. The van der Waals surface area contributed by atoms with E-state index in [9.17, 15) is 4.79 Å². The number of ether oxygens (including phenoxy) is 2. The van der Waals surface area contributed by atoms with Crippen molar-refractivity contribution in [1.29, 1.82) is 5.26 Å². The van der Waals surface area contributed by atoms with E-state index in [0.717, 1.165) is 22.6 Å². The van der Waals surface area contributed by atoms with Crippen LogP contribution < -0.4 is 14.8 Å². The number of nitrogens with zero attached hydrogens (tertiary/aromatic N) is 1. The zero-order chi connectivity index (χ0) is 18.6. The Balaban J connectivity index is 1.63. The van der Waals surface area contributed by atoms with Crippen LogP contribution in [0.1, 0.15) is 19.4 Å². The van der Waals surface area contributed by atoms with E-state index in [1.807, 2.05) is 56.3 Å². The van der Waals surface area contributed by atoms with Crippen molar-refractivity contribution in [3.63, 3.8) is 0 Å². The van der Waals surface area contributed by atoms with Gasteiger partial charge in [0.1, 0.15) is 5.60 Å². The summed E-state index contributed by atoms with van der Waals surface area (Å²) in [6, 6.07) is 15.2. The lowest BCUT2D eigenvalue weighted by Gasteiger charge is -2.18. The molecule has 0 aromatic heterocycles. The van der Waals surface area contributed by atoms with Crippen LogP contribution in [0.5, 0.6) is 11.5 Å². The first kappa shape index (κ1) is 18.2. The Bertz CT molecular complexity index is 858. The van der Waals surface area contributed by atoms with Crippen molar-refractivity contribution >= 4 is 23.4 Å². The molecule has 0 aliphatic carbocycles. The number of amides is 1. The Kier molecular flexibility index (Phi) is 5.38. The molecular weight excluding hydrogens is 348 g/mol. The van der Waals surface area contributed by atoms with Crippen molar-refractivity contribution in [3.05, 3.63) is 48.0 Å². The third kappa shape index (κ3) is 4.30. The molecule has 0 atom stereocenters. The zero-order valence-electron chi connectivity index (χ0n) is 14.7. The van der Waals surface area contributed by atoms with Crippen LogP contribution in [-0.2, 0) is 11.2 Å². The molecule has 134 valence electrons. The quantitative estimate of drug-likeness (QED) is 0.780. The van der Waals surface area contributed by atoms with Crippen molar-refractivity contribution in [3.8, 4) is 17.6 Å². The standard InChI is InChI=1S/C20H20N2O3S/c1-20(2)12-14-6-5-8-16(19(14)25-20)24-13-18(23)22-15-7-3-4-9-17(15)26-11-10-21/h3-9H,11-13H2,1-2H3,(H,22,23). The molecule has 1 aliphatic rings. The number of nitriles is 1. The number of anilines is 1. The van der Waals surface area contributed by atoms with Crippen molar-refractivity contribution in [2.75, 3.05) is 17.7 Å². The normalized spacial score (nSPS) is 14.0. The smallest absolute Gasteiger partial charge is 0.262 e. The minimum Gasteiger partial charge on any atom is -0.483 e. The number of benzene rings is 2. The van der Waals surface area contributed by atoms with E-state index >= 15 is 0 Å². The largest absolute Gasteiger partial charge is 0.483 e. The number of hydrogen-bond acceptors (Lipinski definition) is 5. The number of carbonyl (C=O) groups excluding carboxylic acids is 1. The Morgan fingerprint density at radius 2 is 2.12 bits per heavy atom. The third-order valence-corrected chi connectivity index (χ3v) is 4.81. The molecule has 2 aromatic carbocycles. The number of fused-ring (bicyclic) bond motifs is 1. The molecule has 0 fully saturated rings. The van der Waals surface area contributed by atoms with Gasteiger partial charge >= 0.3 is 0 Å². The van der Waals surface area contributed by atoms with Gasteiger partial charge in [-0.25, -0.2) is 0 Å². The lowest BCUT2D eigenvalue weighted by Crippen LogP contribution is -2.25. The van der Waals surface area contributed by atoms with Crippen LogP contribution in [0.2, 0.25) is 0 Å². The van der Waals surface area contributed by atoms with E-state index in [1.54, 1.807) is 0 Å². The van der Waals surface area contributed by atoms with Gasteiger partial charge in [-0.15, -0.1) is 11.8 Å². The Morgan fingerprint density at radius 1 is 1.31 bits per heavy atom. The molecule has 1 N–H and O–H groups in total. The number of hydrogen-bond donors (Lipinski definition) is 1. The summed E-state index contributed by atoms with van der Waals surface area (Å²) in [5, 5.41) is 11.6. The Labute approximate surface area is 157 Å². The minimum atomic E-state index is -0.263. The molecule has 0 unspecified atom stereocenters. The topological polar surface area (TPSA) is 71.3 Å². The molecule has 5 nitrogen and oxygen atoms in total. The summed E-state index contributed by atoms with van der Waals surface area (Å²) < 4.78 is 11.6. The summed E-state index contributed by atoms with van der Waals surface area (Å²) >= 11 is 1.38. The average molecular weight is 368 g/mol. The van der Waals surface area contributed by atoms with Gasteiger partial charge in [0.05, 0.1) is 17.5 Å². The summed E-state index contributed by atoms with van der Waals surface area (Å²) in [6.07, 6.45) is 0.815. The van der Waals surface area contributed by atoms with Gasteiger partial charge in [0.25, 0.3) is 5.91 Å². The molecule has 0 radical (unpaired) electrons. The molecule has 1 heterocycles. The van der Waals surface area contributed by atoms with Crippen molar-refractivity contribution in [2.24, 2.45) is 0 Å². The highest BCUT2D eigenvalue weighted by atomic mass is 32.2. The molecule has 1 aliphatic heterocycles. The number of nitrogens with one attached hydrogen (secondary N) is 1. The predicted octanol–water partition coefficient (Wildman–Crippen LogP) is 4.03. The minimum absolute atomic E-state index is 0.114. The van der Waals surface area contributed by atoms with Gasteiger partial charge in [-0.05, 0) is 32.0 Å². The summed E-state index contributed by atoms with van der Waals surface area (Å²) in [5.74, 6) is 1.36. The summed E-state index contributed by atoms with van der Waals surface area (Å²) in [4.78, 5) is 13.1. The van der Waals surface area contributed by atoms with Crippen LogP contribution in [0.25, 0.3) is 0 Å². The molecule has 0 bridgehead atoms. The highest BCUT2D eigenvalue weighted by Gasteiger charge is 2.32. The van der Waals surface area contributed by atoms with E-state index in [2.05, 4.69) is 11.4 Å². The maximum atomic E-state index is 12.3. The predicted molar refractivity (Wildman–Crippen MR) is 102 cm³/mol. The van der Waals surface area contributed by atoms with Gasteiger partial charge in [0, 0.05) is 16.9 Å². The maximum Gasteiger partial charge on any atom is 0.262 e. The van der Waals surface area contributed by atoms with Crippen LogP contribution in [-0.4, -0.2) is 23.9 Å². The number of rotatable bonds is 6. The van der Waals surface area contributed by atoms with Gasteiger partial charge < -0.3 is 14.8 Å². The fourth-order valence-corrected chi connectivity index (χ4v) is 3.51. The van der Waals surface area contributed by atoms with E-state index in [4.69, 9.17) is 14.7 Å². The maximum absolute atomic E-state index is 12.3. The van der Waals surface area contributed by atoms with Crippen molar-refractivity contribution in [2.45, 2.75) is 30.8 Å². The van der Waals surface area contributed by atoms with E-state index in [-0.39, 0.29) is 18.1 Å². The fourth-order valence-electron chi connectivity index (χ4n) is 2.84. The first-order valence-corrected chi connectivity index (χ1v) is 9.29. The molecule has 2 aromatic rings. The highest BCUT2D eigenvalue weighted by Crippen LogP contribution is 2.41. The third-order valence-electron chi connectivity index (χ3n) is 3.87. The Hall–Kier alpha value is -2.65. The van der Waals surface area contributed by atoms with Gasteiger partial charge in [-0.3, -0.25) is 4.79 Å². The van der Waals surface area contributed by atoms with E-state index in [0.29, 0.717) is 17.2 Å². The van der Waals surface area contributed by atoms with Crippen LogP contribution in [0.3, 0.4) is 0 Å². The van der Waals surface area contributed by atoms with Crippen LogP contribution in [0.4, 0.5) is 5.69 Å². The van der Waals surface area contributed by atoms with E-state index in [1.165, 1.54) is 11.8 Å². The molecular formula is C20H20N2O3S.